The SMILES string of the molecule is Cn1cc(C(=O)NC2(F)CC=C(F)C=C2c2ccccc2)c(C(F)(F)F)n1. The number of hydrogen-bond acceptors (Lipinski definition) is 2. The number of allylic oxidation sites excluding steroid dienone is 2. The number of nitrogens with zero attached hydrogens (tertiary/aromatic N) is 2. The number of amides is 1. The predicted octanol–water partition coefficient (Wildman–Crippen LogP) is 4.18. The number of aryl methyl sites for hydroxylation is 1. The van der Waals surface area contributed by atoms with Crippen LogP contribution in [-0.4, -0.2) is 21.5 Å². The van der Waals surface area contributed by atoms with Gasteiger partial charge in [0.25, 0.3) is 5.91 Å². The number of alkyl halides is 4. The van der Waals surface area contributed by atoms with E-state index in [1.54, 1.807) is 18.2 Å². The molecule has 0 spiro atoms. The van der Waals surface area contributed by atoms with Crippen molar-refractivity contribution in [1.29, 1.82) is 0 Å². The van der Waals surface area contributed by atoms with Crippen LogP contribution in [0.25, 0.3) is 5.57 Å². The van der Waals surface area contributed by atoms with Crippen molar-refractivity contribution in [2.24, 2.45) is 7.05 Å². The fourth-order valence-corrected chi connectivity index (χ4v) is 2.82. The lowest BCUT2D eigenvalue weighted by molar-refractivity contribution is -0.141. The lowest BCUT2D eigenvalue weighted by Crippen LogP contribution is -2.46. The molecule has 3 rings (SSSR count). The molecule has 0 saturated carbocycles. The Morgan fingerprint density at radius 3 is 2.56 bits per heavy atom. The van der Waals surface area contributed by atoms with E-state index in [9.17, 15) is 22.4 Å². The molecule has 9 heteroatoms. The third kappa shape index (κ3) is 3.76. The molecule has 0 saturated heterocycles. The number of halogens is 5. The lowest BCUT2D eigenvalue weighted by Gasteiger charge is -2.31. The van der Waals surface area contributed by atoms with E-state index in [-0.39, 0.29) is 5.57 Å². The molecule has 1 aromatic heterocycles. The second-order valence-corrected chi connectivity index (χ2v) is 6.04. The minimum Gasteiger partial charge on any atom is -0.316 e. The second-order valence-electron chi connectivity index (χ2n) is 6.04. The number of hydrogen-bond donors (Lipinski definition) is 1. The van der Waals surface area contributed by atoms with E-state index in [1.807, 2.05) is 5.32 Å². The molecule has 1 aliphatic carbocycles. The van der Waals surface area contributed by atoms with E-state index >= 15 is 4.39 Å². The maximum absolute atomic E-state index is 15.5. The van der Waals surface area contributed by atoms with E-state index in [0.717, 1.165) is 23.0 Å². The van der Waals surface area contributed by atoms with Gasteiger partial charge in [0.05, 0.1) is 5.56 Å². The Labute approximate surface area is 151 Å². The molecular formula is C18H14F5N3O. The van der Waals surface area contributed by atoms with Crippen molar-refractivity contribution in [2.45, 2.75) is 18.4 Å². The summed E-state index contributed by atoms with van der Waals surface area (Å²) in [5, 5.41) is 5.20. The molecule has 1 atom stereocenters. The summed E-state index contributed by atoms with van der Waals surface area (Å²) in [5.74, 6) is -4.57. The molecule has 4 nitrogen and oxygen atoms in total. The first kappa shape index (κ1) is 18.8. The number of rotatable bonds is 3. The van der Waals surface area contributed by atoms with Gasteiger partial charge >= 0.3 is 6.18 Å². The number of aromatic nitrogens is 2. The molecule has 0 radical (unpaired) electrons. The van der Waals surface area contributed by atoms with Crippen LogP contribution in [-0.2, 0) is 13.2 Å². The number of carbonyl (C=O) groups is 1. The van der Waals surface area contributed by atoms with Crippen molar-refractivity contribution in [3.8, 4) is 0 Å². The molecule has 0 aliphatic heterocycles. The van der Waals surface area contributed by atoms with Crippen molar-refractivity contribution in [3.05, 3.63) is 71.3 Å². The van der Waals surface area contributed by atoms with Crippen molar-refractivity contribution in [2.75, 3.05) is 0 Å². The van der Waals surface area contributed by atoms with Gasteiger partial charge in [-0.2, -0.15) is 18.3 Å². The van der Waals surface area contributed by atoms with Crippen LogP contribution in [0.5, 0.6) is 0 Å². The number of carbonyl (C=O) groups excluding carboxylic acids is 1. The third-order valence-corrected chi connectivity index (χ3v) is 4.03. The molecule has 1 heterocycles. The maximum Gasteiger partial charge on any atom is 0.435 e. The van der Waals surface area contributed by atoms with Gasteiger partial charge in [-0.3, -0.25) is 9.48 Å². The van der Waals surface area contributed by atoms with Gasteiger partial charge < -0.3 is 5.32 Å². The molecule has 1 N–H and O–H groups in total. The highest BCUT2D eigenvalue weighted by molar-refractivity contribution is 5.97. The van der Waals surface area contributed by atoms with Crippen LogP contribution < -0.4 is 5.32 Å². The van der Waals surface area contributed by atoms with E-state index in [4.69, 9.17) is 0 Å². The van der Waals surface area contributed by atoms with Crippen LogP contribution in [0, 0.1) is 0 Å². The van der Waals surface area contributed by atoms with Crippen molar-refractivity contribution in [1.82, 2.24) is 15.1 Å². The predicted molar refractivity (Wildman–Crippen MR) is 87.7 cm³/mol. The average Bonchev–Trinajstić information content (AvgIpc) is 3.00. The molecule has 142 valence electrons. The summed E-state index contributed by atoms with van der Waals surface area (Å²) in [4.78, 5) is 12.4. The number of nitrogens with one attached hydrogen (secondary N) is 1. The van der Waals surface area contributed by atoms with Gasteiger partial charge in [-0.15, -0.1) is 0 Å². The molecule has 27 heavy (non-hydrogen) atoms. The van der Waals surface area contributed by atoms with Crippen LogP contribution in [0.2, 0.25) is 0 Å². The molecule has 1 aromatic carbocycles. The first-order chi connectivity index (χ1) is 12.6. The Balaban J connectivity index is 1.97. The maximum atomic E-state index is 15.5. The smallest absolute Gasteiger partial charge is 0.316 e. The van der Waals surface area contributed by atoms with Gasteiger partial charge in [0.15, 0.2) is 5.69 Å². The van der Waals surface area contributed by atoms with Gasteiger partial charge in [0.1, 0.15) is 5.83 Å². The molecule has 2 aromatic rings. The fraction of sp³-hybridized carbons (Fsp3) is 0.222. The topological polar surface area (TPSA) is 46.9 Å². The molecule has 0 bridgehead atoms. The summed E-state index contributed by atoms with van der Waals surface area (Å²) in [6.45, 7) is 0. The molecule has 0 fully saturated rings. The summed E-state index contributed by atoms with van der Waals surface area (Å²) < 4.78 is 69.3. The number of benzene rings is 1. The van der Waals surface area contributed by atoms with Crippen LogP contribution in [0.15, 0.2) is 54.5 Å². The Morgan fingerprint density at radius 1 is 1.26 bits per heavy atom. The second kappa shape index (κ2) is 6.64. The molecule has 1 aliphatic rings. The van der Waals surface area contributed by atoms with Crippen LogP contribution in [0.1, 0.15) is 28.0 Å². The zero-order valence-electron chi connectivity index (χ0n) is 14.0. The first-order valence-electron chi connectivity index (χ1n) is 7.86. The minimum absolute atomic E-state index is 0.186. The summed E-state index contributed by atoms with van der Waals surface area (Å²) in [7, 11) is 1.21. The van der Waals surface area contributed by atoms with Crippen LogP contribution in [0.4, 0.5) is 22.0 Å². The van der Waals surface area contributed by atoms with E-state index in [1.165, 1.54) is 19.2 Å². The largest absolute Gasteiger partial charge is 0.435 e. The zero-order chi connectivity index (χ0) is 19.8. The van der Waals surface area contributed by atoms with Crippen molar-refractivity contribution < 1.29 is 26.7 Å². The Morgan fingerprint density at radius 2 is 1.93 bits per heavy atom. The average molecular weight is 383 g/mol. The van der Waals surface area contributed by atoms with Crippen molar-refractivity contribution in [3.63, 3.8) is 0 Å². The molecular weight excluding hydrogens is 369 g/mol. The van der Waals surface area contributed by atoms with Crippen molar-refractivity contribution >= 4 is 11.5 Å². The van der Waals surface area contributed by atoms with Crippen LogP contribution >= 0.6 is 0 Å². The lowest BCUT2D eigenvalue weighted by atomic mass is 9.89. The molecule has 1 amide bonds. The monoisotopic (exact) mass is 383 g/mol. The first-order valence-corrected chi connectivity index (χ1v) is 7.86. The standard InChI is InChI=1S/C18H14F5N3O/c1-26-10-13(15(25-26)18(21,22)23)16(27)24-17(20)8-7-12(19)9-14(17)11-5-3-2-4-6-11/h2-7,9-10H,8H2,1H3,(H,24,27). The quantitative estimate of drug-likeness (QED) is 0.639. The fourth-order valence-electron chi connectivity index (χ4n) is 2.82. The summed E-state index contributed by atoms with van der Waals surface area (Å²) in [5.41, 5.74) is -2.13. The van der Waals surface area contributed by atoms with E-state index < -0.39 is 41.4 Å². The minimum atomic E-state index is -4.88. The summed E-state index contributed by atoms with van der Waals surface area (Å²) in [6, 6.07) is 7.88. The van der Waals surface area contributed by atoms with Gasteiger partial charge in [-0.05, 0) is 17.7 Å². The van der Waals surface area contributed by atoms with Crippen LogP contribution in [0.3, 0.4) is 0 Å². The Bertz CT molecular complexity index is 930. The van der Waals surface area contributed by atoms with E-state index in [0.29, 0.717) is 5.56 Å². The van der Waals surface area contributed by atoms with Gasteiger partial charge in [-0.1, -0.05) is 30.3 Å². The van der Waals surface area contributed by atoms with Gasteiger partial charge in [0, 0.05) is 25.2 Å². The van der Waals surface area contributed by atoms with E-state index in [2.05, 4.69) is 5.10 Å². The Kier molecular flexibility index (Phi) is 4.63. The highest BCUT2D eigenvalue weighted by Gasteiger charge is 2.43. The van der Waals surface area contributed by atoms with Gasteiger partial charge in [0.2, 0.25) is 5.79 Å². The van der Waals surface area contributed by atoms with Gasteiger partial charge in [-0.25, -0.2) is 8.78 Å². The Hall–Kier alpha value is -2.97. The highest BCUT2D eigenvalue weighted by Crippen LogP contribution is 2.38. The third-order valence-electron chi connectivity index (χ3n) is 4.03. The zero-order valence-corrected chi connectivity index (χ0v) is 14.0. The summed E-state index contributed by atoms with van der Waals surface area (Å²) >= 11 is 0. The highest BCUT2D eigenvalue weighted by atomic mass is 19.4. The molecule has 1 unspecified atom stereocenters. The normalized spacial score (nSPS) is 20.1. The summed E-state index contributed by atoms with van der Waals surface area (Å²) in [6.07, 6.45) is -2.76.